The maximum absolute atomic E-state index is 11.7. The molecule has 7 heteroatoms. The average molecular weight is 311 g/mol. The normalized spacial score (nSPS) is 18.2. The Bertz CT molecular complexity index is 882. The Labute approximate surface area is 132 Å². The second-order valence-electron chi connectivity index (χ2n) is 5.80. The fraction of sp³-hybridized carbons (Fsp3) is 0.312. The molecule has 1 aliphatic rings. The van der Waals surface area contributed by atoms with Gasteiger partial charge in [0.15, 0.2) is 6.04 Å². The van der Waals surface area contributed by atoms with Gasteiger partial charge in [-0.1, -0.05) is 12.1 Å². The Balaban J connectivity index is 1.70. The maximum Gasteiger partial charge on any atom is 0.327 e. The molecular weight excluding hydrogens is 294 g/mol. The van der Waals surface area contributed by atoms with Crippen molar-refractivity contribution in [2.75, 3.05) is 6.54 Å². The van der Waals surface area contributed by atoms with Crippen LogP contribution in [0.5, 0.6) is 0 Å². The van der Waals surface area contributed by atoms with Crippen LogP contribution in [0.1, 0.15) is 23.3 Å². The van der Waals surface area contributed by atoms with Crippen molar-refractivity contribution in [2.24, 2.45) is 7.05 Å². The van der Waals surface area contributed by atoms with E-state index in [0.29, 0.717) is 18.8 Å². The molecule has 118 valence electrons. The summed E-state index contributed by atoms with van der Waals surface area (Å²) in [5.41, 5.74) is 3.50. The first-order chi connectivity index (χ1) is 11.1. The number of nitrogens with one attached hydrogen (secondary N) is 1. The van der Waals surface area contributed by atoms with Crippen molar-refractivity contribution in [3.8, 4) is 0 Å². The summed E-state index contributed by atoms with van der Waals surface area (Å²) < 4.78 is 2.02. The lowest BCUT2D eigenvalue weighted by Crippen LogP contribution is -2.39. The fourth-order valence-electron chi connectivity index (χ4n) is 3.29. The third kappa shape index (κ3) is 2.20. The zero-order chi connectivity index (χ0) is 16.0. The zero-order valence-corrected chi connectivity index (χ0v) is 12.7. The number of aliphatic carboxylic acids is 1. The number of rotatable bonds is 3. The number of aromatic amines is 1. The van der Waals surface area contributed by atoms with Crippen LogP contribution in [0, 0.1) is 0 Å². The van der Waals surface area contributed by atoms with Crippen LogP contribution in [0.2, 0.25) is 0 Å². The SMILES string of the molecule is Cn1c(CN2CCc3[nH]cnc3[C@@H]2C(=O)O)nc2ccccc21. The molecule has 1 aromatic carbocycles. The molecule has 23 heavy (non-hydrogen) atoms. The van der Waals surface area contributed by atoms with E-state index in [1.807, 2.05) is 40.8 Å². The first kappa shape index (κ1) is 14.0. The Kier molecular flexibility index (Phi) is 3.16. The maximum atomic E-state index is 11.7. The molecule has 0 fully saturated rings. The van der Waals surface area contributed by atoms with E-state index in [1.165, 1.54) is 0 Å². The van der Waals surface area contributed by atoms with Gasteiger partial charge in [-0.2, -0.15) is 0 Å². The Hall–Kier alpha value is -2.67. The molecule has 3 aromatic rings. The van der Waals surface area contributed by atoms with Gasteiger partial charge in [-0.25, -0.2) is 9.97 Å². The van der Waals surface area contributed by atoms with Gasteiger partial charge in [-0.05, 0) is 12.1 Å². The van der Waals surface area contributed by atoms with Crippen LogP contribution in [0.4, 0.5) is 0 Å². The number of carboxylic acid groups (broad SMARTS) is 1. The van der Waals surface area contributed by atoms with E-state index < -0.39 is 12.0 Å². The van der Waals surface area contributed by atoms with Gasteiger partial charge in [0.05, 0.1) is 29.6 Å². The van der Waals surface area contributed by atoms with Crippen molar-refractivity contribution in [3.63, 3.8) is 0 Å². The summed E-state index contributed by atoms with van der Waals surface area (Å²) in [7, 11) is 1.96. The van der Waals surface area contributed by atoms with Gasteiger partial charge in [0.25, 0.3) is 0 Å². The second kappa shape index (κ2) is 5.20. The van der Waals surface area contributed by atoms with E-state index in [-0.39, 0.29) is 0 Å². The summed E-state index contributed by atoms with van der Waals surface area (Å²) in [6.45, 7) is 1.14. The van der Waals surface area contributed by atoms with E-state index in [0.717, 1.165) is 29.0 Å². The first-order valence-electron chi connectivity index (χ1n) is 7.54. The van der Waals surface area contributed by atoms with E-state index in [1.54, 1.807) is 6.33 Å². The Morgan fingerprint density at radius 1 is 1.43 bits per heavy atom. The predicted octanol–water partition coefficient (Wildman–Crippen LogP) is 1.48. The number of hydrogen-bond acceptors (Lipinski definition) is 4. The number of imidazole rings is 2. The van der Waals surface area contributed by atoms with Crippen molar-refractivity contribution in [1.29, 1.82) is 0 Å². The smallest absolute Gasteiger partial charge is 0.327 e. The molecule has 0 bridgehead atoms. The zero-order valence-electron chi connectivity index (χ0n) is 12.7. The summed E-state index contributed by atoms with van der Waals surface area (Å²) in [4.78, 5) is 25.6. The lowest BCUT2D eigenvalue weighted by atomic mass is 10.0. The van der Waals surface area contributed by atoms with Gasteiger partial charge >= 0.3 is 5.97 Å². The van der Waals surface area contributed by atoms with Crippen molar-refractivity contribution >= 4 is 17.0 Å². The molecule has 2 aromatic heterocycles. The molecule has 0 saturated carbocycles. The minimum atomic E-state index is -0.878. The van der Waals surface area contributed by atoms with E-state index in [4.69, 9.17) is 0 Å². The molecule has 4 rings (SSSR count). The largest absolute Gasteiger partial charge is 0.480 e. The van der Waals surface area contributed by atoms with Crippen LogP contribution in [-0.4, -0.2) is 42.0 Å². The molecule has 0 saturated heterocycles. The number of hydrogen-bond donors (Lipinski definition) is 2. The third-order valence-electron chi connectivity index (χ3n) is 4.48. The number of carboxylic acids is 1. The number of aryl methyl sites for hydroxylation is 1. The molecule has 0 spiro atoms. The molecule has 1 atom stereocenters. The van der Waals surface area contributed by atoms with Gasteiger partial charge < -0.3 is 14.7 Å². The molecule has 3 heterocycles. The summed E-state index contributed by atoms with van der Waals surface area (Å²) in [6, 6.07) is 7.18. The first-order valence-corrected chi connectivity index (χ1v) is 7.54. The van der Waals surface area contributed by atoms with E-state index in [2.05, 4.69) is 15.0 Å². The Morgan fingerprint density at radius 2 is 2.26 bits per heavy atom. The van der Waals surface area contributed by atoms with Crippen molar-refractivity contribution in [1.82, 2.24) is 24.4 Å². The van der Waals surface area contributed by atoms with E-state index >= 15 is 0 Å². The van der Waals surface area contributed by atoms with Crippen molar-refractivity contribution in [3.05, 3.63) is 47.8 Å². The minimum absolute atomic E-state index is 0.481. The van der Waals surface area contributed by atoms with Crippen LogP contribution in [0.25, 0.3) is 11.0 Å². The summed E-state index contributed by atoms with van der Waals surface area (Å²) >= 11 is 0. The number of H-pyrrole nitrogens is 1. The number of para-hydroxylation sites is 2. The molecule has 7 nitrogen and oxygen atoms in total. The highest BCUT2D eigenvalue weighted by Crippen LogP contribution is 2.29. The van der Waals surface area contributed by atoms with E-state index in [9.17, 15) is 9.90 Å². The van der Waals surface area contributed by atoms with Crippen LogP contribution in [0.3, 0.4) is 0 Å². The monoisotopic (exact) mass is 311 g/mol. The molecular formula is C16H17N5O2. The molecule has 0 amide bonds. The quantitative estimate of drug-likeness (QED) is 0.765. The van der Waals surface area contributed by atoms with Crippen LogP contribution in [-0.2, 0) is 24.8 Å². The van der Waals surface area contributed by atoms with Crippen LogP contribution >= 0.6 is 0 Å². The van der Waals surface area contributed by atoms with Crippen LogP contribution < -0.4 is 0 Å². The van der Waals surface area contributed by atoms with Gasteiger partial charge in [-0.15, -0.1) is 0 Å². The van der Waals surface area contributed by atoms with Crippen molar-refractivity contribution < 1.29 is 9.90 Å². The molecule has 0 radical (unpaired) electrons. The highest BCUT2D eigenvalue weighted by Gasteiger charge is 2.35. The Morgan fingerprint density at radius 3 is 3.04 bits per heavy atom. The van der Waals surface area contributed by atoms with Crippen LogP contribution in [0.15, 0.2) is 30.6 Å². The third-order valence-corrected chi connectivity index (χ3v) is 4.48. The molecule has 1 aliphatic heterocycles. The number of nitrogens with zero attached hydrogens (tertiary/aromatic N) is 4. The highest BCUT2D eigenvalue weighted by molar-refractivity contribution is 5.76. The average Bonchev–Trinajstić information content (AvgIpc) is 3.12. The topological polar surface area (TPSA) is 87.0 Å². The lowest BCUT2D eigenvalue weighted by Gasteiger charge is -2.31. The fourth-order valence-corrected chi connectivity index (χ4v) is 3.29. The predicted molar refractivity (Wildman–Crippen MR) is 83.8 cm³/mol. The number of benzene rings is 1. The van der Waals surface area contributed by atoms with Crippen molar-refractivity contribution in [2.45, 2.75) is 19.0 Å². The minimum Gasteiger partial charge on any atom is -0.480 e. The van der Waals surface area contributed by atoms with Gasteiger partial charge in [0, 0.05) is 25.7 Å². The van der Waals surface area contributed by atoms with Gasteiger partial charge in [-0.3, -0.25) is 9.69 Å². The summed E-state index contributed by atoms with van der Waals surface area (Å²) in [5, 5.41) is 9.64. The number of carbonyl (C=O) groups is 1. The second-order valence-corrected chi connectivity index (χ2v) is 5.80. The number of aromatic nitrogens is 4. The highest BCUT2D eigenvalue weighted by atomic mass is 16.4. The summed E-state index contributed by atoms with van der Waals surface area (Å²) in [6.07, 6.45) is 2.34. The molecule has 2 N–H and O–H groups in total. The standard InChI is InChI=1S/C16H17N5O2/c1-20-12-5-3-2-4-10(12)19-13(20)8-21-7-6-11-14(18-9-17-11)15(21)16(22)23/h2-5,9,15H,6-8H2,1H3,(H,17,18)(H,22,23)/t15-/m1/s1. The van der Waals surface area contributed by atoms with Gasteiger partial charge in [0.1, 0.15) is 5.82 Å². The molecule has 0 aliphatic carbocycles. The number of fused-ring (bicyclic) bond motifs is 2. The lowest BCUT2D eigenvalue weighted by molar-refractivity contribution is -0.144. The summed E-state index contributed by atoms with van der Waals surface area (Å²) in [5.74, 6) is -0.0201. The molecule has 0 unspecified atom stereocenters. The van der Waals surface area contributed by atoms with Gasteiger partial charge in [0.2, 0.25) is 0 Å².